The maximum absolute atomic E-state index is 12.4. The van der Waals surface area contributed by atoms with Crippen molar-refractivity contribution in [2.24, 2.45) is 16.0 Å². The minimum Gasteiger partial charge on any atom is -0.493 e. The number of benzene rings is 1. The number of carbonyl (C=O) groups is 1. The number of nitrogens with two attached hydrogens (primary N) is 1. The number of pyridine rings is 1. The molecule has 0 fully saturated rings. The molecule has 3 rings (SSSR count). The summed E-state index contributed by atoms with van der Waals surface area (Å²) in [5, 5.41) is 20.3. The van der Waals surface area contributed by atoms with Gasteiger partial charge in [0.05, 0.1) is 11.4 Å². The van der Waals surface area contributed by atoms with E-state index in [1.54, 1.807) is 6.92 Å². The number of azo groups is 1. The van der Waals surface area contributed by atoms with E-state index in [0.717, 1.165) is 16.7 Å². The van der Waals surface area contributed by atoms with Gasteiger partial charge in [-0.15, -0.1) is 5.11 Å². The van der Waals surface area contributed by atoms with E-state index < -0.39 is 32.4 Å². The molecule has 17 heteroatoms. The average molecular weight is 543 g/mol. The minimum atomic E-state index is -4.70. The fourth-order valence-corrected chi connectivity index (χ4v) is 4.01. The molecule has 1 aromatic carbocycles. The molecule has 0 spiro atoms. The molecule has 1 amide bonds. The van der Waals surface area contributed by atoms with Gasteiger partial charge in [0.2, 0.25) is 22.4 Å². The summed E-state index contributed by atoms with van der Waals surface area (Å²) in [5.74, 6) is -1.79. The van der Waals surface area contributed by atoms with Gasteiger partial charge < -0.3 is 16.2 Å². The molecule has 2 aromatic heterocycles. The zero-order valence-corrected chi connectivity index (χ0v) is 20.2. The number of aromatic nitrogens is 4. The summed E-state index contributed by atoms with van der Waals surface area (Å²) < 4.78 is 34.1. The summed E-state index contributed by atoms with van der Waals surface area (Å²) in [6, 6.07) is 3.38. The van der Waals surface area contributed by atoms with Crippen LogP contribution in [-0.4, -0.2) is 43.5 Å². The van der Waals surface area contributed by atoms with E-state index in [1.807, 2.05) is 0 Å². The van der Waals surface area contributed by atoms with Gasteiger partial charge in [0.15, 0.2) is 0 Å². The number of hydrogen-bond acceptors (Lipinski definition) is 11. The number of primary amides is 1. The molecule has 35 heavy (non-hydrogen) atoms. The monoisotopic (exact) mass is 542 g/mol. The fraction of sp³-hybridized carbons (Fsp3) is 0.167. The fourth-order valence-electron chi connectivity index (χ4n) is 3.02. The molecular weight excluding hydrogens is 527 g/mol. The third-order valence-electron chi connectivity index (χ3n) is 4.55. The maximum Gasteiger partial charge on any atom is 0.296 e. The van der Waals surface area contributed by atoms with Crippen molar-refractivity contribution < 1.29 is 22.9 Å². The van der Waals surface area contributed by atoms with Crippen molar-refractivity contribution in [3.05, 3.63) is 50.2 Å². The van der Waals surface area contributed by atoms with Crippen LogP contribution < -0.4 is 16.6 Å². The molecule has 2 heterocycles. The van der Waals surface area contributed by atoms with Crippen molar-refractivity contribution in [3.63, 3.8) is 0 Å². The molecule has 0 aliphatic rings. The number of aromatic hydroxyl groups is 1. The number of hydrogen-bond donors (Lipinski definition) is 4. The van der Waals surface area contributed by atoms with Gasteiger partial charge in [-0.3, -0.25) is 18.7 Å². The van der Waals surface area contributed by atoms with E-state index in [4.69, 9.17) is 28.9 Å². The van der Waals surface area contributed by atoms with Gasteiger partial charge in [-0.2, -0.15) is 28.5 Å². The average Bonchev–Trinajstić information content (AvgIpc) is 2.72. The molecule has 0 radical (unpaired) electrons. The van der Waals surface area contributed by atoms with Crippen molar-refractivity contribution in [1.82, 2.24) is 19.5 Å². The topological polar surface area (TPSA) is 215 Å². The highest BCUT2D eigenvalue weighted by Gasteiger charge is 2.22. The van der Waals surface area contributed by atoms with E-state index in [9.17, 15) is 27.7 Å². The molecule has 0 unspecified atom stereocenters. The standard InChI is InChI=1S/C18H16Cl2N8O6S/c1-3-28-14(30)11(13(21)29)7(2)12(15(28)31)27-26-8-4-5-10(35(32,33)34)9(6-8)22-18-24-16(19)23-17(20)25-18/h4-6,31H,3H2,1-2H3,(H2,21,29)(H,32,33,34)(H,22,23,24,25)/b27-26+. The van der Waals surface area contributed by atoms with Crippen molar-refractivity contribution in [2.45, 2.75) is 25.3 Å². The number of amides is 1. The lowest BCUT2D eigenvalue weighted by Crippen LogP contribution is -2.30. The third-order valence-corrected chi connectivity index (χ3v) is 5.80. The quantitative estimate of drug-likeness (QED) is 0.252. The van der Waals surface area contributed by atoms with Crippen LogP contribution in [0.4, 0.5) is 23.0 Å². The van der Waals surface area contributed by atoms with Crippen LogP contribution in [0.3, 0.4) is 0 Å². The summed E-state index contributed by atoms with van der Waals surface area (Å²) in [6.45, 7) is 2.94. The lowest BCUT2D eigenvalue weighted by atomic mass is 10.1. The normalized spacial score (nSPS) is 11.7. The van der Waals surface area contributed by atoms with E-state index in [-0.39, 0.29) is 51.2 Å². The Morgan fingerprint density at radius 3 is 2.37 bits per heavy atom. The van der Waals surface area contributed by atoms with Crippen molar-refractivity contribution in [2.75, 3.05) is 5.32 Å². The van der Waals surface area contributed by atoms with E-state index in [1.165, 1.54) is 13.0 Å². The smallest absolute Gasteiger partial charge is 0.296 e. The van der Waals surface area contributed by atoms with Crippen LogP contribution in [0.5, 0.6) is 5.88 Å². The van der Waals surface area contributed by atoms with Crippen LogP contribution in [0, 0.1) is 6.92 Å². The summed E-state index contributed by atoms with van der Waals surface area (Å²) in [7, 11) is -4.70. The number of nitrogens with zero attached hydrogens (tertiary/aromatic N) is 6. The highest BCUT2D eigenvalue weighted by atomic mass is 35.5. The molecule has 184 valence electrons. The Hall–Kier alpha value is -3.66. The number of halogens is 2. The summed E-state index contributed by atoms with van der Waals surface area (Å²) in [6.07, 6.45) is 0. The van der Waals surface area contributed by atoms with Crippen LogP contribution >= 0.6 is 23.2 Å². The number of carbonyl (C=O) groups excluding carboxylic acids is 1. The summed E-state index contributed by atoms with van der Waals surface area (Å²) in [4.78, 5) is 34.7. The molecule has 0 saturated heterocycles. The lowest BCUT2D eigenvalue weighted by Gasteiger charge is -2.13. The Morgan fingerprint density at radius 2 is 1.83 bits per heavy atom. The van der Waals surface area contributed by atoms with Crippen LogP contribution in [0.2, 0.25) is 10.6 Å². The molecule has 0 saturated carbocycles. The predicted octanol–water partition coefficient (Wildman–Crippen LogP) is 2.88. The van der Waals surface area contributed by atoms with Gasteiger partial charge in [-0.1, -0.05) is 0 Å². The zero-order chi connectivity index (χ0) is 26.1. The van der Waals surface area contributed by atoms with Crippen molar-refractivity contribution in [1.29, 1.82) is 0 Å². The Morgan fingerprint density at radius 1 is 1.20 bits per heavy atom. The first kappa shape index (κ1) is 26.0. The van der Waals surface area contributed by atoms with Crippen molar-refractivity contribution in [3.8, 4) is 5.88 Å². The third kappa shape index (κ3) is 5.54. The minimum absolute atomic E-state index is 0.00387. The summed E-state index contributed by atoms with van der Waals surface area (Å²) >= 11 is 11.5. The van der Waals surface area contributed by atoms with Gasteiger partial charge in [-0.25, -0.2) is 0 Å². The Balaban J connectivity index is 2.13. The molecule has 14 nitrogen and oxygen atoms in total. The van der Waals surface area contributed by atoms with E-state index in [0.29, 0.717) is 0 Å². The second-order valence-corrected chi connectivity index (χ2v) is 8.83. The maximum atomic E-state index is 12.4. The molecule has 0 aliphatic heterocycles. The molecule has 5 N–H and O–H groups in total. The van der Waals surface area contributed by atoms with Crippen LogP contribution in [0.25, 0.3) is 0 Å². The second-order valence-electron chi connectivity index (χ2n) is 6.76. The van der Waals surface area contributed by atoms with Crippen LogP contribution in [0.1, 0.15) is 22.8 Å². The Labute approximate surface area is 207 Å². The zero-order valence-electron chi connectivity index (χ0n) is 17.9. The molecule has 0 atom stereocenters. The first-order valence-electron chi connectivity index (χ1n) is 9.47. The van der Waals surface area contributed by atoms with Crippen molar-refractivity contribution >= 4 is 62.2 Å². The first-order valence-corrected chi connectivity index (χ1v) is 11.7. The first-order chi connectivity index (χ1) is 16.3. The number of nitrogens with one attached hydrogen (secondary N) is 1. The van der Waals surface area contributed by atoms with Crippen LogP contribution in [0.15, 0.2) is 38.1 Å². The SMILES string of the molecule is CCn1c(O)c(/N=N/c2ccc(S(=O)(=O)O)c(Nc3nc(Cl)nc(Cl)n3)c2)c(C)c(C(N)=O)c1=O. The second kappa shape index (κ2) is 9.91. The van der Waals surface area contributed by atoms with Gasteiger partial charge in [0, 0.05) is 12.1 Å². The number of rotatable bonds is 7. The van der Waals surface area contributed by atoms with Gasteiger partial charge >= 0.3 is 0 Å². The van der Waals surface area contributed by atoms with Gasteiger partial charge in [0.25, 0.3) is 21.6 Å². The number of anilines is 2. The van der Waals surface area contributed by atoms with Gasteiger partial charge in [-0.05, 0) is 55.2 Å². The predicted molar refractivity (Wildman–Crippen MR) is 125 cm³/mol. The molecule has 0 aliphatic carbocycles. The summed E-state index contributed by atoms with van der Waals surface area (Å²) in [5.41, 5.74) is 3.75. The molecule has 0 bridgehead atoms. The van der Waals surface area contributed by atoms with Gasteiger partial charge in [0.1, 0.15) is 16.1 Å². The highest BCUT2D eigenvalue weighted by Crippen LogP contribution is 2.34. The largest absolute Gasteiger partial charge is 0.493 e. The van der Waals surface area contributed by atoms with Crippen LogP contribution in [-0.2, 0) is 16.7 Å². The highest BCUT2D eigenvalue weighted by molar-refractivity contribution is 7.86. The lowest BCUT2D eigenvalue weighted by molar-refractivity contribution is 0.0997. The Kier molecular flexibility index (Phi) is 7.35. The molecule has 3 aromatic rings. The van der Waals surface area contributed by atoms with E-state index >= 15 is 0 Å². The molecular formula is C18H16Cl2N8O6S. The van der Waals surface area contributed by atoms with E-state index in [2.05, 4.69) is 30.5 Å². The Bertz CT molecular complexity index is 1520.